The van der Waals surface area contributed by atoms with E-state index in [-0.39, 0.29) is 6.04 Å². The van der Waals surface area contributed by atoms with Crippen molar-refractivity contribution in [1.29, 1.82) is 0 Å². The third-order valence-corrected chi connectivity index (χ3v) is 7.05. The number of aromatic nitrogens is 1. The molecule has 1 aromatic heterocycles. The zero-order valence-electron chi connectivity index (χ0n) is 18.3. The molecule has 158 valence electrons. The van der Waals surface area contributed by atoms with Gasteiger partial charge >= 0.3 is 0 Å². The van der Waals surface area contributed by atoms with Crippen molar-refractivity contribution in [2.24, 2.45) is 11.8 Å². The van der Waals surface area contributed by atoms with Crippen molar-refractivity contribution >= 4 is 17.5 Å². The number of rotatable bonds is 8. The first-order valence-corrected chi connectivity index (χ1v) is 11.6. The molecule has 3 nitrogen and oxygen atoms in total. The second-order valence-corrected chi connectivity index (χ2v) is 9.15. The number of carbonyl (C=O) groups excluding carboxylic acids is 1. The maximum atomic E-state index is 13.4. The summed E-state index contributed by atoms with van der Waals surface area (Å²) in [6.45, 7) is 4.36. The number of benzene rings is 1. The van der Waals surface area contributed by atoms with Gasteiger partial charge in [-0.05, 0) is 66.8 Å². The number of allylic oxidation sites excluding steroid dienone is 1. The third kappa shape index (κ3) is 4.66. The van der Waals surface area contributed by atoms with Crippen LogP contribution < -0.4 is 5.32 Å². The van der Waals surface area contributed by atoms with Crippen molar-refractivity contribution in [2.45, 2.75) is 70.8 Å². The highest BCUT2D eigenvalue weighted by atomic mass is 16.1. The first kappa shape index (κ1) is 20.8. The van der Waals surface area contributed by atoms with Crippen LogP contribution >= 0.6 is 0 Å². The Labute approximate surface area is 181 Å². The zero-order chi connectivity index (χ0) is 20.9. The highest BCUT2D eigenvalue weighted by Crippen LogP contribution is 2.40. The van der Waals surface area contributed by atoms with Gasteiger partial charge in [0.05, 0.1) is 11.7 Å². The number of Topliss-reactive ketones (excluding diaryl/α,β-unsaturated/α-hetero) is 1. The maximum absolute atomic E-state index is 13.4. The van der Waals surface area contributed by atoms with Crippen molar-refractivity contribution in [3.05, 3.63) is 65.5 Å². The summed E-state index contributed by atoms with van der Waals surface area (Å²) >= 11 is 0. The molecule has 0 saturated heterocycles. The van der Waals surface area contributed by atoms with Gasteiger partial charge in [0.2, 0.25) is 0 Å². The molecule has 1 heterocycles. The fourth-order valence-corrected chi connectivity index (χ4v) is 5.16. The summed E-state index contributed by atoms with van der Waals surface area (Å²) in [6.07, 6.45) is 13.8. The first-order valence-electron chi connectivity index (χ1n) is 11.6. The van der Waals surface area contributed by atoms with Crippen LogP contribution in [0, 0.1) is 11.8 Å². The van der Waals surface area contributed by atoms with E-state index in [1.54, 1.807) is 0 Å². The fraction of sp³-hybridized carbons (Fsp3) is 0.481. The van der Waals surface area contributed by atoms with E-state index in [1.807, 2.05) is 24.4 Å². The van der Waals surface area contributed by atoms with Gasteiger partial charge in [0.25, 0.3) is 0 Å². The molecule has 1 fully saturated rings. The molecule has 1 saturated carbocycles. The van der Waals surface area contributed by atoms with E-state index in [4.69, 9.17) is 4.98 Å². The van der Waals surface area contributed by atoms with Gasteiger partial charge in [-0.2, -0.15) is 0 Å². The van der Waals surface area contributed by atoms with E-state index >= 15 is 0 Å². The topological polar surface area (TPSA) is 42.0 Å². The number of para-hydroxylation sites is 1. The van der Waals surface area contributed by atoms with Crippen LogP contribution in [0.2, 0.25) is 0 Å². The maximum Gasteiger partial charge on any atom is 0.155 e. The highest BCUT2D eigenvalue weighted by molar-refractivity contribution is 5.87. The Morgan fingerprint density at radius 3 is 2.83 bits per heavy atom. The second-order valence-electron chi connectivity index (χ2n) is 9.15. The highest BCUT2D eigenvalue weighted by Gasteiger charge is 2.31. The van der Waals surface area contributed by atoms with E-state index in [0.717, 1.165) is 31.4 Å². The van der Waals surface area contributed by atoms with E-state index in [2.05, 4.69) is 49.5 Å². The molecule has 0 bridgehead atoms. The predicted molar refractivity (Wildman–Crippen MR) is 125 cm³/mol. The normalized spacial score (nSPS) is 22.3. The quantitative estimate of drug-likeness (QED) is 0.555. The smallest absolute Gasteiger partial charge is 0.155 e. The Morgan fingerprint density at radius 2 is 2.03 bits per heavy atom. The minimum Gasteiger partial charge on any atom is -0.375 e. The Kier molecular flexibility index (Phi) is 6.66. The minimum absolute atomic E-state index is 0.111. The molecule has 1 N–H and O–H groups in total. The van der Waals surface area contributed by atoms with Crippen LogP contribution in [-0.2, 0) is 11.2 Å². The molecule has 2 aliphatic rings. The van der Waals surface area contributed by atoms with Gasteiger partial charge in [-0.15, -0.1) is 0 Å². The summed E-state index contributed by atoms with van der Waals surface area (Å²) < 4.78 is 0. The van der Waals surface area contributed by atoms with E-state index < -0.39 is 0 Å². The lowest BCUT2D eigenvalue weighted by molar-refractivity contribution is -0.121. The number of hydrogen-bond acceptors (Lipinski definition) is 3. The lowest BCUT2D eigenvalue weighted by Crippen LogP contribution is -2.37. The average molecular weight is 403 g/mol. The summed E-state index contributed by atoms with van der Waals surface area (Å²) in [5.41, 5.74) is 5.05. The predicted octanol–water partition coefficient (Wildman–Crippen LogP) is 6.41. The number of fused-ring (bicyclic) bond motifs is 1. The molecule has 0 amide bonds. The van der Waals surface area contributed by atoms with Gasteiger partial charge in [0.15, 0.2) is 5.78 Å². The number of carbonyl (C=O) groups is 1. The molecular formula is C27H34N2O. The minimum atomic E-state index is -0.111. The number of ketones is 1. The average Bonchev–Trinajstić information content (AvgIpc) is 3.27. The fourth-order valence-electron chi connectivity index (χ4n) is 5.16. The molecule has 1 unspecified atom stereocenters. The van der Waals surface area contributed by atoms with Gasteiger partial charge in [0.1, 0.15) is 0 Å². The van der Waals surface area contributed by atoms with E-state index in [1.165, 1.54) is 29.7 Å². The largest absolute Gasteiger partial charge is 0.375 e. The van der Waals surface area contributed by atoms with Crippen LogP contribution in [0.4, 0.5) is 5.69 Å². The summed E-state index contributed by atoms with van der Waals surface area (Å²) in [4.78, 5) is 18.1. The number of pyridine rings is 1. The molecule has 4 atom stereocenters. The first-order chi connectivity index (χ1) is 14.7. The molecule has 2 aliphatic carbocycles. The van der Waals surface area contributed by atoms with Crippen molar-refractivity contribution in [3.63, 3.8) is 0 Å². The number of nitrogens with one attached hydrogen (secondary N) is 1. The summed E-state index contributed by atoms with van der Waals surface area (Å²) in [6, 6.07) is 12.2. The molecule has 4 rings (SSSR count). The van der Waals surface area contributed by atoms with Crippen LogP contribution in [0.15, 0.2) is 48.7 Å². The molecule has 3 heteroatoms. The monoisotopic (exact) mass is 402 g/mol. The van der Waals surface area contributed by atoms with Crippen molar-refractivity contribution in [1.82, 2.24) is 4.98 Å². The molecule has 0 aliphatic heterocycles. The van der Waals surface area contributed by atoms with Crippen LogP contribution in [0.25, 0.3) is 6.08 Å². The zero-order valence-corrected chi connectivity index (χ0v) is 18.3. The lowest BCUT2D eigenvalue weighted by Gasteiger charge is -2.31. The van der Waals surface area contributed by atoms with Crippen molar-refractivity contribution < 1.29 is 4.79 Å². The van der Waals surface area contributed by atoms with Gasteiger partial charge < -0.3 is 5.32 Å². The number of hydrogen-bond donors (Lipinski definition) is 1. The van der Waals surface area contributed by atoms with Gasteiger partial charge in [-0.25, -0.2) is 0 Å². The summed E-state index contributed by atoms with van der Waals surface area (Å²) in [5.74, 6) is 1.63. The van der Waals surface area contributed by atoms with Crippen molar-refractivity contribution in [3.8, 4) is 0 Å². The molecule has 0 spiro atoms. The second kappa shape index (κ2) is 9.59. The molecule has 2 aromatic rings. The molecule has 0 radical (unpaired) electrons. The number of nitrogens with zero attached hydrogens (tertiary/aromatic N) is 1. The SMILES string of the molecule is CC[C@H](C)[C@@H](Nc1ccccc1)C(=O)C[C@@H]1CCCC(c2nccc3c2C=CC3)C1. The Hall–Kier alpha value is -2.42. The van der Waals surface area contributed by atoms with Gasteiger partial charge in [-0.1, -0.05) is 57.0 Å². The van der Waals surface area contributed by atoms with Crippen LogP contribution in [0.3, 0.4) is 0 Å². The molecule has 30 heavy (non-hydrogen) atoms. The number of anilines is 1. The van der Waals surface area contributed by atoms with Crippen LogP contribution in [0.5, 0.6) is 0 Å². The Bertz CT molecular complexity index is 889. The summed E-state index contributed by atoms with van der Waals surface area (Å²) in [5, 5.41) is 3.52. The van der Waals surface area contributed by atoms with Gasteiger partial charge in [0, 0.05) is 24.2 Å². The van der Waals surface area contributed by atoms with E-state index in [9.17, 15) is 4.79 Å². The lowest BCUT2D eigenvalue weighted by atomic mass is 9.75. The van der Waals surface area contributed by atoms with E-state index in [0.29, 0.717) is 30.0 Å². The summed E-state index contributed by atoms with van der Waals surface area (Å²) in [7, 11) is 0. The Morgan fingerprint density at radius 1 is 1.20 bits per heavy atom. The molecule has 1 aromatic carbocycles. The van der Waals surface area contributed by atoms with Crippen LogP contribution in [-0.4, -0.2) is 16.8 Å². The standard InChI is InChI=1S/C27H34N2O/c1-3-19(2)26(29-23-12-5-4-6-13-23)25(30)18-20-9-7-11-22(17-20)27-24-14-8-10-21(24)15-16-28-27/h4-6,8,12-16,19-20,22,26,29H,3,7,9-11,17-18H2,1-2H3/t19-,20+,22?,26+/m0/s1. The molecular weight excluding hydrogens is 368 g/mol. The van der Waals surface area contributed by atoms with Crippen molar-refractivity contribution in [2.75, 3.05) is 5.32 Å². The third-order valence-electron chi connectivity index (χ3n) is 7.05. The van der Waals surface area contributed by atoms with Crippen LogP contribution in [0.1, 0.15) is 75.1 Å². The Balaban J connectivity index is 1.44. The van der Waals surface area contributed by atoms with Gasteiger partial charge in [-0.3, -0.25) is 9.78 Å².